The van der Waals surface area contributed by atoms with E-state index in [1.807, 2.05) is 6.07 Å². The molecule has 2 nitrogen and oxygen atoms in total. The zero-order chi connectivity index (χ0) is 15.5. The van der Waals surface area contributed by atoms with Crippen molar-refractivity contribution in [1.82, 2.24) is 0 Å². The van der Waals surface area contributed by atoms with Gasteiger partial charge in [0.2, 0.25) is 0 Å². The molecule has 2 N–H and O–H groups in total. The highest BCUT2D eigenvalue weighted by Gasteiger charge is 2.18. The smallest absolute Gasteiger partial charge is 0.0661 e. The Morgan fingerprint density at radius 3 is 2.00 bits per heavy atom. The van der Waals surface area contributed by atoms with Gasteiger partial charge in [-0.2, -0.15) is 0 Å². The zero-order valence-corrected chi connectivity index (χ0v) is 13.5. The number of hydrogen-bond acceptors (Lipinski definition) is 2. The molecule has 2 heteroatoms. The average Bonchev–Trinajstić information content (AvgIpc) is 2.48. The van der Waals surface area contributed by atoms with Crippen LogP contribution in [0.1, 0.15) is 37.9 Å². The summed E-state index contributed by atoms with van der Waals surface area (Å²) in [7, 11) is 2.10. The molecule has 0 aliphatic carbocycles. The number of nitrogens with zero attached hydrogens (tertiary/aromatic N) is 1. The van der Waals surface area contributed by atoms with E-state index in [1.54, 1.807) is 0 Å². The highest BCUT2D eigenvalue weighted by molar-refractivity contribution is 5.48. The molecule has 2 aromatic rings. The van der Waals surface area contributed by atoms with Crippen LogP contribution in [0.3, 0.4) is 0 Å². The van der Waals surface area contributed by atoms with E-state index in [-0.39, 0.29) is 11.5 Å². The lowest BCUT2D eigenvalue weighted by Crippen LogP contribution is -2.30. The molecule has 0 aromatic heterocycles. The van der Waals surface area contributed by atoms with Gasteiger partial charge in [0.1, 0.15) is 0 Å². The van der Waals surface area contributed by atoms with Crippen LogP contribution in [0.5, 0.6) is 0 Å². The van der Waals surface area contributed by atoms with Crippen LogP contribution in [0, 0.1) is 0 Å². The van der Waals surface area contributed by atoms with Crippen molar-refractivity contribution in [2.75, 3.05) is 18.5 Å². The van der Waals surface area contributed by atoms with Crippen molar-refractivity contribution >= 4 is 5.69 Å². The van der Waals surface area contributed by atoms with Gasteiger partial charge < -0.3 is 10.6 Å². The maximum Gasteiger partial charge on any atom is 0.0661 e. The number of rotatable bonds is 4. The lowest BCUT2D eigenvalue weighted by atomic mass is 9.86. The van der Waals surface area contributed by atoms with Crippen molar-refractivity contribution in [3.8, 4) is 0 Å². The molecular formula is C19H26N2. The number of para-hydroxylation sites is 1. The van der Waals surface area contributed by atoms with E-state index in [1.165, 1.54) is 16.8 Å². The second kappa shape index (κ2) is 6.31. The van der Waals surface area contributed by atoms with Crippen LogP contribution in [-0.4, -0.2) is 13.6 Å². The van der Waals surface area contributed by atoms with Crippen LogP contribution in [0.25, 0.3) is 0 Å². The minimum absolute atomic E-state index is 0.183. The van der Waals surface area contributed by atoms with Gasteiger partial charge in [-0.15, -0.1) is 0 Å². The number of benzene rings is 2. The van der Waals surface area contributed by atoms with Gasteiger partial charge in [0.05, 0.1) is 6.04 Å². The predicted octanol–water partition coefficient (Wildman–Crippen LogP) is 4.12. The second-order valence-electron chi connectivity index (χ2n) is 6.57. The van der Waals surface area contributed by atoms with Crippen molar-refractivity contribution < 1.29 is 0 Å². The van der Waals surface area contributed by atoms with Crippen LogP contribution in [0.4, 0.5) is 5.69 Å². The first-order valence-corrected chi connectivity index (χ1v) is 7.52. The molecule has 0 saturated heterocycles. The maximum absolute atomic E-state index is 6.03. The summed E-state index contributed by atoms with van der Waals surface area (Å²) in [6, 6.07) is 19.4. The van der Waals surface area contributed by atoms with Crippen LogP contribution < -0.4 is 10.6 Å². The van der Waals surface area contributed by atoms with E-state index in [2.05, 4.69) is 81.2 Å². The van der Waals surface area contributed by atoms with E-state index in [0.29, 0.717) is 6.54 Å². The Hall–Kier alpha value is -1.80. The third kappa shape index (κ3) is 3.64. The third-order valence-electron chi connectivity index (χ3n) is 4.02. The normalized spacial score (nSPS) is 13.0. The van der Waals surface area contributed by atoms with Crippen LogP contribution >= 0.6 is 0 Å². The quantitative estimate of drug-likeness (QED) is 0.914. The fourth-order valence-electron chi connectivity index (χ4n) is 2.57. The average molecular weight is 282 g/mol. The van der Waals surface area contributed by atoms with E-state index < -0.39 is 0 Å². The molecule has 0 heterocycles. The Balaban J connectivity index is 2.25. The SMILES string of the molecule is CN(c1ccccc1)C(CN)c1ccc(C(C)(C)C)cc1. The van der Waals surface area contributed by atoms with Crippen LogP contribution in [-0.2, 0) is 5.41 Å². The van der Waals surface area contributed by atoms with E-state index >= 15 is 0 Å². The van der Waals surface area contributed by atoms with Gasteiger partial charge in [-0.3, -0.25) is 0 Å². The molecule has 2 rings (SSSR count). The first-order chi connectivity index (χ1) is 9.93. The molecule has 112 valence electrons. The van der Waals surface area contributed by atoms with Crippen molar-refractivity contribution in [1.29, 1.82) is 0 Å². The highest BCUT2D eigenvalue weighted by atomic mass is 15.1. The largest absolute Gasteiger partial charge is 0.366 e. The first-order valence-electron chi connectivity index (χ1n) is 7.52. The molecule has 0 spiro atoms. The fourth-order valence-corrected chi connectivity index (χ4v) is 2.57. The number of nitrogens with two attached hydrogens (primary N) is 1. The molecule has 0 aliphatic heterocycles. The summed E-state index contributed by atoms with van der Waals surface area (Å²) in [5.74, 6) is 0. The molecule has 0 bridgehead atoms. The van der Waals surface area contributed by atoms with Gasteiger partial charge in [0.25, 0.3) is 0 Å². The van der Waals surface area contributed by atoms with E-state index in [0.717, 1.165) is 0 Å². The lowest BCUT2D eigenvalue weighted by molar-refractivity contribution is 0.589. The summed E-state index contributed by atoms with van der Waals surface area (Å²) in [6.07, 6.45) is 0. The molecule has 0 radical (unpaired) electrons. The van der Waals surface area contributed by atoms with E-state index in [4.69, 9.17) is 5.73 Å². The topological polar surface area (TPSA) is 29.3 Å². The van der Waals surface area contributed by atoms with Gasteiger partial charge in [0, 0.05) is 19.3 Å². The minimum atomic E-state index is 0.183. The van der Waals surface area contributed by atoms with Crippen molar-refractivity contribution in [3.05, 3.63) is 65.7 Å². The summed E-state index contributed by atoms with van der Waals surface area (Å²) in [5, 5.41) is 0. The molecular weight excluding hydrogens is 256 g/mol. The van der Waals surface area contributed by atoms with Crippen LogP contribution in [0.2, 0.25) is 0 Å². The Morgan fingerprint density at radius 1 is 0.952 bits per heavy atom. The summed E-state index contributed by atoms with van der Waals surface area (Å²) in [5.41, 5.74) is 10.0. The molecule has 0 fully saturated rings. The summed E-state index contributed by atoms with van der Waals surface area (Å²) < 4.78 is 0. The minimum Gasteiger partial charge on any atom is -0.366 e. The Bertz CT molecular complexity index is 552. The molecule has 21 heavy (non-hydrogen) atoms. The van der Waals surface area contributed by atoms with Crippen molar-refractivity contribution in [2.24, 2.45) is 5.73 Å². The maximum atomic E-state index is 6.03. The number of likely N-dealkylation sites (N-methyl/N-ethyl adjacent to an activating group) is 1. The molecule has 0 amide bonds. The highest BCUT2D eigenvalue weighted by Crippen LogP contribution is 2.27. The van der Waals surface area contributed by atoms with Gasteiger partial charge >= 0.3 is 0 Å². The molecule has 1 unspecified atom stereocenters. The standard InChI is InChI=1S/C19H26N2/c1-19(2,3)16-12-10-15(11-13-16)18(14-20)21(4)17-8-6-5-7-9-17/h5-13,18H,14,20H2,1-4H3. The van der Waals surface area contributed by atoms with Gasteiger partial charge in [-0.25, -0.2) is 0 Å². The van der Waals surface area contributed by atoms with Gasteiger partial charge in [-0.05, 0) is 28.7 Å². The summed E-state index contributed by atoms with van der Waals surface area (Å²) >= 11 is 0. The first kappa shape index (κ1) is 15.6. The number of anilines is 1. The Kier molecular flexibility index (Phi) is 4.69. The fraction of sp³-hybridized carbons (Fsp3) is 0.368. The van der Waals surface area contributed by atoms with Crippen molar-refractivity contribution in [3.63, 3.8) is 0 Å². The summed E-state index contributed by atoms with van der Waals surface area (Å²) in [4.78, 5) is 2.24. The molecule has 1 atom stereocenters. The monoisotopic (exact) mass is 282 g/mol. The third-order valence-corrected chi connectivity index (χ3v) is 4.02. The zero-order valence-electron chi connectivity index (χ0n) is 13.5. The Labute approximate surface area is 128 Å². The Morgan fingerprint density at radius 2 is 1.52 bits per heavy atom. The van der Waals surface area contributed by atoms with Crippen molar-refractivity contribution in [2.45, 2.75) is 32.2 Å². The number of hydrogen-bond donors (Lipinski definition) is 1. The van der Waals surface area contributed by atoms with Gasteiger partial charge in [-0.1, -0.05) is 63.2 Å². The molecule has 0 aliphatic rings. The second-order valence-corrected chi connectivity index (χ2v) is 6.57. The predicted molar refractivity (Wildman–Crippen MR) is 91.8 cm³/mol. The molecule has 2 aromatic carbocycles. The molecule has 0 saturated carbocycles. The van der Waals surface area contributed by atoms with Crippen LogP contribution in [0.15, 0.2) is 54.6 Å². The lowest BCUT2D eigenvalue weighted by Gasteiger charge is -2.30. The summed E-state index contributed by atoms with van der Waals surface area (Å²) in [6.45, 7) is 7.30. The van der Waals surface area contributed by atoms with Gasteiger partial charge in [0.15, 0.2) is 0 Å². The van der Waals surface area contributed by atoms with E-state index in [9.17, 15) is 0 Å².